The summed E-state index contributed by atoms with van der Waals surface area (Å²) in [5, 5.41) is 2.97. The number of benzene rings is 1. The largest absolute Gasteiger partial charge is 0.352 e. The van der Waals surface area contributed by atoms with Crippen molar-refractivity contribution >= 4 is 23.4 Å². The second kappa shape index (κ2) is 7.68. The van der Waals surface area contributed by atoms with Gasteiger partial charge >= 0.3 is 0 Å². The van der Waals surface area contributed by atoms with Crippen molar-refractivity contribution in [3.8, 4) is 0 Å². The van der Waals surface area contributed by atoms with Crippen molar-refractivity contribution in [1.82, 2.24) is 10.2 Å². The number of hydrogen-bond donors (Lipinski definition) is 1. The average molecular weight is 343 g/mol. The molecule has 2 fully saturated rings. The number of amides is 3. The SMILES string of the molecule is CC(=O)N1CCC[C@@H](C(=O)NCc2ccc(N3CCCC3=O)cc2)C1. The molecule has 6 nitrogen and oxygen atoms in total. The van der Waals surface area contributed by atoms with Crippen LogP contribution in [0.3, 0.4) is 0 Å². The summed E-state index contributed by atoms with van der Waals surface area (Å²) in [5.41, 5.74) is 1.92. The third-order valence-corrected chi connectivity index (χ3v) is 5.03. The highest BCUT2D eigenvalue weighted by atomic mass is 16.2. The van der Waals surface area contributed by atoms with Crippen LogP contribution in [0.4, 0.5) is 5.69 Å². The minimum Gasteiger partial charge on any atom is -0.352 e. The number of likely N-dealkylation sites (tertiary alicyclic amines) is 1. The first kappa shape index (κ1) is 17.5. The van der Waals surface area contributed by atoms with Gasteiger partial charge in [0.15, 0.2) is 0 Å². The number of nitrogens with one attached hydrogen (secondary N) is 1. The van der Waals surface area contributed by atoms with Gasteiger partial charge in [0.05, 0.1) is 5.92 Å². The average Bonchev–Trinajstić information content (AvgIpc) is 3.06. The Morgan fingerprint density at radius 2 is 1.92 bits per heavy atom. The number of carbonyl (C=O) groups excluding carboxylic acids is 3. The molecule has 1 atom stereocenters. The van der Waals surface area contributed by atoms with Crippen LogP contribution in [0.15, 0.2) is 24.3 Å². The zero-order chi connectivity index (χ0) is 17.8. The highest BCUT2D eigenvalue weighted by Crippen LogP contribution is 2.22. The maximum absolute atomic E-state index is 12.4. The predicted molar refractivity (Wildman–Crippen MR) is 94.9 cm³/mol. The van der Waals surface area contributed by atoms with Crippen molar-refractivity contribution in [2.45, 2.75) is 39.2 Å². The Bertz CT molecular complexity index is 656. The van der Waals surface area contributed by atoms with Gasteiger partial charge in [0.2, 0.25) is 17.7 Å². The molecule has 6 heteroatoms. The number of nitrogens with zero attached hydrogens (tertiary/aromatic N) is 2. The highest BCUT2D eigenvalue weighted by molar-refractivity contribution is 5.95. The van der Waals surface area contributed by atoms with E-state index in [0.717, 1.165) is 43.6 Å². The van der Waals surface area contributed by atoms with Gasteiger partial charge in [-0.25, -0.2) is 0 Å². The molecular formula is C19H25N3O3. The first-order valence-electron chi connectivity index (χ1n) is 8.97. The number of carbonyl (C=O) groups is 3. The second-order valence-electron chi connectivity index (χ2n) is 6.84. The quantitative estimate of drug-likeness (QED) is 0.904. The van der Waals surface area contributed by atoms with E-state index >= 15 is 0 Å². The molecule has 3 rings (SSSR count). The zero-order valence-corrected chi connectivity index (χ0v) is 14.7. The molecule has 0 aliphatic carbocycles. The van der Waals surface area contributed by atoms with Crippen molar-refractivity contribution in [2.75, 3.05) is 24.5 Å². The van der Waals surface area contributed by atoms with Gasteiger partial charge in [-0.05, 0) is 37.0 Å². The van der Waals surface area contributed by atoms with E-state index in [1.54, 1.807) is 16.7 Å². The molecule has 2 aliphatic heterocycles. The van der Waals surface area contributed by atoms with Crippen LogP contribution in [-0.4, -0.2) is 42.3 Å². The maximum atomic E-state index is 12.4. The van der Waals surface area contributed by atoms with E-state index in [4.69, 9.17) is 0 Å². The summed E-state index contributed by atoms with van der Waals surface area (Å²) in [6, 6.07) is 7.76. The van der Waals surface area contributed by atoms with Crippen molar-refractivity contribution < 1.29 is 14.4 Å². The lowest BCUT2D eigenvalue weighted by atomic mass is 9.97. The van der Waals surface area contributed by atoms with Gasteiger partial charge in [0.1, 0.15) is 0 Å². The molecule has 0 unspecified atom stereocenters. The van der Waals surface area contributed by atoms with Crippen LogP contribution < -0.4 is 10.2 Å². The fourth-order valence-electron chi connectivity index (χ4n) is 3.53. The normalized spacial score (nSPS) is 20.7. The Morgan fingerprint density at radius 1 is 1.16 bits per heavy atom. The van der Waals surface area contributed by atoms with E-state index in [0.29, 0.717) is 19.5 Å². The van der Waals surface area contributed by atoms with Crippen LogP contribution in [0.2, 0.25) is 0 Å². The van der Waals surface area contributed by atoms with Gasteiger partial charge < -0.3 is 15.1 Å². The van der Waals surface area contributed by atoms with Gasteiger partial charge in [0, 0.05) is 45.2 Å². The highest BCUT2D eigenvalue weighted by Gasteiger charge is 2.26. The maximum Gasteiger partial charge on any atom is 0.227 e. The summed E-state index contributed by atoms with van der Waals surface area (Å²) in [6.07, 6.45) is 3.23. The molecule has 2 saturated heterocycles. The van der Waals surface area contributed by atoms with E-state index in [-0.39, 0.29) is 23.6 Å². The molecule has 0 bridgehead atoms. The van der Waals surface area contributed by atoms with Gasteiger partial charge in [-0.2, -0.15) is 0 Å². The van der Waals surface area contributed by atoms with Crippen LogP contribution in [-0.2, 0) is 20.9 Å². The Hall–Kier alpha value is -2.37. The van der Waals surface area contributed by atoms with Crippen LogP contribution >= 0.6 is 0 Å². The lowest BCUT2D eigenvalue weighted by Gasteiger charge is -2.31. The lowest BCUT2D eigenvalue weighted by molar-refractivity contribution is -0.134. The van der Waals surface area contributed by atoms with Crippen LogP contribution in [0, 0.1) is 5.92 Å². The zero-order valence-electron chi connectivity index (χ0n) is 14.7. The summed E-state index contributed by atoms with van der Waals surface area (Å²) in [4.78, 5) is 39.2. The van der Waals surface area contributed by atoms with Gasteiger partial charge in [-0.15, -0.1) is 0 Å². The fraction of sp³-hybridized carbons (Fsp3) is 0.526. The van der Waals surface area contributed by atoms with E-state index in [1.165, 1.54) is 0 Å². The number of piperidine rings is 1. The molecule has 1 aromatic carbocycles. The first-order chi connectivity index (χ1) is 12.0. The van der Waals surface area contributed by atoms with Crippen molar-refractivity contribution in [3.05, 3.63) is 29.8 Å². The van der Waals surface area contributed by atoms with E-state index < -0.39 is 0 Å². The van der Waals surface area contributed by atoms with Crippen LogP contribution in [0.5, 0.6) is 0 Å². The summed E-state index contributed by atoms with van der Waals surface area (Å²) in [7, 11) is 0. The Balaban J connectivity index is 1.52. The Labute approximate surface area is 148 Å². The molecule has 134 valence electrons. The minimum atomic E-state index is -0.126. The summed E-state index contributed by atoms with van der Waals surface area (Å²) >= 11 is 0. The third-order valence-electron chi connectivity index (χ3n) is 5.03. The topological polar surface area (TPSA) is 69.7 Å². The minimum absolute atomic E-state index is 0.00440. The number of rotatable bonds is 4. The standard InChI is InChI=1S/C19H25N3O3/c1-14(23)21-10-2-4-16(13-21)19(25)20-12-15-6-8-17(9-7-15)22-11-3-5-18(22)24/h6-9,16H,2-5,10-13H2,1H3,(H,20,25)/t16-/m1/s1. The molecule has 0 spiro atoms. The first-order valence-corrected chi connectivity index (χ1v) is 8.97. The van der Waals surface area contributed by atoms with Gasteiger partial charge in [0.25, 0.3) is 0 Å². The van der Waals surface area contributed by atoms with E-state index in [9.17, 15) is 14.4 Å². The Kier molecular flexibility index (Phi) is 5.36. The third kappa shape index (κ3) is 4.18. The lowest BCUT2D eigenvalue weighted by Crippen LogP contribution is -2.44. The van der Waals surface area contributed by atoms with Gasteiger partial charge in [-0.3, -0.25) is 14.4 Å². The van der Waals surface area contributed by atoms with E-state index in [2.05, 4.69) is 5.32 Å². The second-order valence-corrected chi connectivity index (χ2v) is 6.84. The molecule has 1 N–H and O–H groups in total. The van der Waals surface area contributed by atoms with Crippen molar-refractivity contribution in [3.63, 3.8) is 0 Å². The molecule has 2 aliphatic rings. The van der Waals surface area contributed by atoms with Gasteiger partial charge in [-0.1, -0.05) is 12.1 Å². The van der Waals surface area contributed by atoms with Crippen molar-refractivity contribution in [2.24, 2.45) is 5.92 Å². The predicted octanol–water partition coefficient (Wildman–Crippen LogP) is 1.69. The molecular weight excluding hydrogens is 318 g/mol. The molecule has 0 radical (unpaired) electrons. The molecule has 0 saturated carbocycles. The molecule has 0 aromatic heterocycles. The monoisotopic (exact) mass is 343 g/mol. The molecule has 25 heavy (non-hydrogen) atoms. The fourth-order valence-corrected chi connectivity index (χ4v) is 3.53. The Morgan fingerprint density at radius 3 is 2.56 bits per heavy atom. The van der Waals surface area contributed by atoms with Crippen molar-refractivity contribution in [1.29, 1.82) is 0 Å². The summed E-state index contributed by atoms with van der Waals surface area (Å²) < 4.78 is 0. The smallest absolute Gasteiger partial charge is 0.227 e. The molecule has 3 amide bonds. The van der Waals surface area contributed by atoms with Crippen LogP contribution in [0.1, 0.15) is 38.2 Å². The van der Waals surface area contributed by atoms with Crippen LogP contribution in [0.25, 0.3) is 0 Å². The summed E-state index contributed by atoms with van der Waals surface area (Å²) in [5.74, 6) is 0.0850. The van der Waals surface area contributed by atoms with E-state index in [1.807, 2.05) is 24.3 Å². The number of anilines is 1. The summed E-state index contributed by atoms with van der Waals surface area (Å²) in [6.45, 7) is 4.05. The number of hydrogen-bond acceptors (Lipinski definition) is 3. The molecule has 1 aromatic rings. The molecule has 2 heterocycles.